The van der Waals surface area contributed by atoms with Gasteiger partial charge in [-0.3, -0.25) is 9.59 Å². The van der Waals surface area contributed by atoms with Crippen LogP contribution >= 0.6 is 0 Å². The minimum Gasteiger partial charge on any atom is -0.467 e. The number of hydrogen-bond donors (Lipinski definition) is 0. The van der Waals surface area contributed by atoms with Gasteiger partial charge in [0.15, 0.2) is 5.78 Å². The molecule has 0 N–H and O–H groups in total. The van der Waals surface area contributed by atoms with E-state index in [1.165, 1.54) is 7.11 Å². The minimum atomic E-state index is -1.68. The third kappa shape index (κ3) is 2.72. The Kier molecular flexibility index (Phi) is 4.13. The quantitative estimate of drug-likeness (QED) is 0.630. The van der Waals surface area contributed by atoms with Gasteiger partial charge in [0.25, 0.3) is 0 Å². The van der Waals surface area contributed by atoms with E-state index in [4.69, 9.17) is 9.47 Å². The van der Waals surface area contributed by atoms with Crippen molar-refractivity contribution >= 4 is 23.6 Å². The van der Waals surface area contributed by atoms with Gasteiger partial charge in [0, 0.05) is 25.2 Å². The molecular formula is C18H18O5. The van der Waals surface area contributed by atoms with Gasteiger partial charge in [0.05, 0.1) is 13.2 Å². The number of Topliss-reactive ketones (excluding diaryl/α,β-unsaturated/α-hetero) is 2. The second kappa shape index (κ2) is 6.08. The molecule has 0 aromatic heterocycles. The van der Waals surface area contributed by atoms with Gasteiger partial charge in [0.2, 0.25) is 5.60 Å². The Labute approximate surface area is 134 Å². The van der Waals surface area contributed by atoms with Crippen molar-refractivity contribution in [2.45, 2.75) is 31.0 Å². The number of methoxy groups -OCH3 is 1. The lowest BCUT2D eigenvalue weighted by Gasteiger charge is -2.29. The predicted octanol–water partition coefficient (Wildman–Crippen LogP) is 1.95. The number of benzene rings is 1. The highest BCUT2D eigenvalue weighted by atomic mass is 16.6. The summed E-state index contributed by atoms with van der Waals surface area (Å²) in [7, 11) is 1.23. The summed E-state index contributed by atoms with van der Waals surface area (Å²) in [5.41, 5.74) is -0.761. The lowest BCUT2D eigenvalue weighted by molar-refractivity contribution is -0.174. The molecule has 1 aromatic carbocycles. The molecule has 0 unspecified atom stereocenters. The average molecular weight is 314 g/mol. The molecule has 0 aliphatic carbocycles. The molecule has 5 heteroatoms. The van der Waals surface area contributed by atoms with Crippen LogP contribution in [0.3, 0.4) is 0 Å². The largest absolute Gasteiger partial charge is 0.467 e. The summed E-state index contributed by atoms with van der Waals surface area (Å²) in [4.78, 5) is 36.9. The molecule has 5 nitrogen and oxygen atoms in total. The molecule has 0 amide bonds. The number of ketones is 2. The van der Waals surface area contributed by atoms with Crippen LogP contribution in [0.5, 0.6) is 0 Å². The zero-order valence-corrected chi connectivity index (χ0v) is 12.9. The third-order valence-corrected chi connectivity index (χ3v) is 4.41. The van der Waals surface area contributed by atoms with E-state index in [9.17, 15) is 14.4 Å². The van der Waals surface area contributed by atoms with E-state index in [-0.39, 0.29) is 30.8 Å². The lowest BCUT2D eigenvalue weighted by atomic mass is 9.78. The number of hydrogen-bond acceptors (Lipinski definition) is 5. The maximum atomic E-state index is 12.5. The van der Waals surface area contributed by atoms with Gasteiger partial charge in [-0.25, -0.2) is 4.79 Å². The van der Waals surface area contributed by atoms with Gasteiger partial charge >= 0.3 is 5.97 Å². The van der Waals surface area contributed by atoms with Gasteiger partial charge in [-0.1, -0.05) is 42.5 Å². The molecule has 120 valence electrons. The maximum absolute atomic E-state index is 12.5. The predicted molar refractivity (Wildman–Crippen MR) is 82.5 cm³/mol. The Morgan fingerprint density at radius 2 is 1.96 bits per heavy atom. The Morgan fingerprint density at radius 1 is 1.22 bits per heavy atom. The van der Waals surface area contributed by atoms with E-state index in [1.54, 1.807) is 12.2 Å². The molecule has 3 atom stereocenters. The zero-order valence-electron chi connectivity index (χ0n) is 12.9. The molecule has 0 spiro atoms. The zero-order chi connectivity index (χ0) is 16.4. The van der Waals surface area contributed by atoms with Crippen molar-refractivity contribution in [3.05, 3.63) is 42.0 Å². The molecule has 0 saturated carbocycles. The topological polar surface area (TPSA) is 69.7 Å². The van der Waals surface area contributed by atoms with Crippen molar-refractivity contribution < 1.29 is 23.9 Å². The van der Waals surface area contributed by atoms with Crippen LogP contribution in [0.25, 0.3) is 6.08 Å². The molecule has 2 heterocycles. The monoisotopic (exact) mass is 314 g/mol. The molecule has 1 aromatic rings. The number of esters is 1. The van der Waals surface area contributed by atoms with E-state index in [2.05, 4.69) is 0 Å². The molecule has 2 aliphatic rings. The van der Waals surface area contributed by atoms with Crippen LogP contribution in [0.1, 0.15) is 24.8 Å². The molecule has 2 saturated heterocycles. The average Bonchev–Trinajstić information content (AvgIpc) is 2.79. The number of ether oxygens (including phenoxy) is 2. The number of carbonyl (C=O) groups is 3. The fourth-order valence-electron chi connectivity index (χ4n) is 3.32. The smallest absolute Gasteiger partial charge is 0.346 e. The highest BCUT2D eigenvalue weighted by Crippen LogP contribution is 2.42. The molecule has 2 bridgehead atoms. The first-order valence-electron chi connectivity index (χ1n) is 7.60. The summed E-state index contributed by atoms with van der Waals surface area (Å²) >= 11 is 0. The highest BCUT2D eigenvalue weighted by Gasteiger charge is 2.61. The van der Waals surface area contributed by atoms with E-state index in [1.807, 2.05) is 30.3 Å². The molecular weight excluding hydrogens is 296 g/mol. The minimum absolute atomic E-state index is 0.00371. The first-order valence-corrected chi connectivity index (χ1v) is 7.60. The fraction of sp³-hybridized carbons (Fsp3) is 0.389. The molecule has 3 rings (SSSR count). The van der Waals surface area contributed by atoms with Crippen LogP contribution in [-0.4, -0.2) is 36.4 Å². The van der Waals surface area contributed by atoms with Crippen molar-refractivity contribution in [2.75, 3.05) is 7.11 Å². The Morgan fingerprint density at radius 3 is 2.65 bits per heavy atom. The van der Waals surface area contributed by atoms with Crippen molar-refractivity contribution in [2.24, 2.45) is 5.92 Å². The van der Waals surface area contributed by atoms with Gasteiger partial charge < -0.3 is 9.47 Å². The SMILES string of the molecule is COC(=O)[C@]12O[C@H](CC(=O)C[C@@H]1/C=C/c1ccccc1)CC2=O. The van der Waals surface area contributed by atoms with Crippen LogP contribution in [0.4, 0.5) is 0 Å². The van der Waals surface area contributed by atoms with Crippen molar-refractivity contribution in [1.82, 2.24) is 0 Å². The van der Waals surface area contributed by atoms with Gasteiger partial charge in [-0.15, -0.1) is 0 Å². The maximum Gasteiger partial charge on any atom is 0.346 e. The van der Waals surface area contributed by atoms with Crippen molar-refractivity contribution in [3.63, 3.8) is 0 Å². The Balaban J connectivity index is 1.99. The molecule has 2 aliphatic heterocycles. The Hall–Kier alpha value is -2.27. The molecule has 2 fully saturated rings. The standard InChI is InChI=1S/C18H18O5/c1-22-17(21)18-13(8-7-12-5-3-2-4-6-12)9-14(19)10-15(23-18)11-16(18)20/h2-8,13,15H,9-11H2,1H3/b8-7+/t13-,15+,18-/m0/s1. The second-order valence-electron chi connectivity index (χ2n) is 5.92. The summed E-state index contributed by atoms with van der Waals surface area (Å²) in [5.74, 6) is -1.68. The number of fused-ring (bicyclic) bond motifs is 2. The van der Waals surface area contributed by atoms with Crippen LogP contribution in [0.2, 0.25) is 0 Å². The molecule has 23 heavy (non-hydrogen) atoms. The normalized spacial score (nSPS) is 30.5. The van der Waals surface area contributed by atoms with E-state index >= 15 is 0 Å². The number of rotatable bonds is 3. The van der Waals surface area contributed by atoms with E-state index in [0.29, 0.717) is 0 Å². The summed E-state index contributed by atoms with van der Waals surface area (Å²) in [5, 5.41) is 0. The van der Waals surface area contributed by atoms with Gasteiger partial charge in [0.1, 0.15) is 5.78 Å². The fourth-order valence-corrected chi connectivity index (χ4v) is 3.32. The highest BCUT2D eigenvalue weighted by molar-refractivity contribution is 6.10. The first-order chi connectivity index (χ1) is 11.1. The lowest BCUT2D eigenvalue weighted by Crippen LogP contribution is -2.51. The molecule has 0 radical (unpaired) electrons. The van der Waals surface area contributed by atoms with Gasteiger partial charge in [-0.05, 0) is 5.56 Å². The van der Waals surface area contributed by atoms with E-state index in [0.717, 1.165) is 5.56 Å². The van der Waals surface area contributed by atoms with Gasteiger partial charge in [-0.2, -0.15) is 0 Å². The van der Waals surface area contributed by atoms with E-state index < -0.39 is 23.6 Å². The summed E-state index contributed by atoms with van der Waals surface area (Å²) in [6.45, 7) is 0. The number of carbonyl (C=O) groups excluding carboxylic acids is 3. The van der Waals surface area contributed by atoms with Crippen LogP contribution in [-0.2, 0) is 23.9 Å². The van der Waals surface area contributed by atoms with Crippen molar-refractivity contribution in [1.29, 1.82) is 0 Å². The summed E-state index contributed by atoms with van der Waals surface area (Å²) < 4.78 is 10.6. The third-order valence-electron chi connectivity index (χ3n) is 4.41. The Bertz CT molecular complexity index is 653. The second-order valence-corrected chi connectivity index (χ2v) is 5.92. The van der Waals surface area contributed by atoms with Crippen LogP contribution in [0.15, 0.2) is 36.4 Å². The van der Waals surface area contributed by atoms with Crippen molar-refractivity contribution in [3.8, 4) is 0 Å². The summed E-state index contributed by atoms with van der Waals surface area (Å²) in [6, 6.07) is 9.49. The first kappa shape index (κ1) is 15.6. The van der Waals surface area contributed by atoms with Crippen LogP contribution < -0.4 is 0 Å². The van der Waals surface area contributed by atoms with Crippen LogP contribution in [0, 0.1) is 5.92 Å². The summed E-state index contributed by atoms with van der Waals surface area (Å²) in [6.07, 6.45) is 3.34.